The molecule has 0 bridgehead atoms. The Kier molecular flexibility index (Phi) is 3.29. The van der Waals surface area contributed by atoms with Crippen LogP contribution in [-0.2, 0) is 0 Å². The van der Waals surface area contributed by atoms with Crippen molar-refractivity contribution in [2.24, 2.45) is 11.7 Å². The van der Waals surface area contributed by atoms with Gasteiger partial charge in [0, 0.05) is 24.3 Å². The minimum Gasteiger partial charge on any atom is -0.408 e. The summed E-state index contributed by atoms with van der Waals surface area (Å²) in [5.74, 6) is 0.280. The lowest BCUT2D eigenvalue weighted by atomic mass is 9.86. The van der Waals surface area contributed by atoms with Crippen molar-refractivity contribution in [1.29, 1.82) is 0 Å². The number of aromatic nitrogens is 1. The van der Waals surface area contributed by atoms with E-state index >= 15 is 0 Å². The van der Waals surface area contributed by atoms with E-state index in [9.17, 15) is 4.79 Å². The molecular weight excluding hydrogens is 242 g/mol. The Morgan fingerprint density at radius 2 is 2.11 bits per heavy atom. The lowest BCUT2D eigenvalue weighted by molar-refractivity contribution is 0.339. The van der Waals surface area contributed by atoms with Crippen LogP contribution in [0.4, 0.5) is 5.69 Å². The highest BCUT2D eigenvalue weighted by Crippen LogP contribution is 2.24. The zero-order valence-corrected chi connectivity index (χ0v) is 10.8. The summed E-state index contributed by atoms with van der Waals surface area (Å²) in [5, 5.41) is 3.41. The standard InChI is InChI=1S/C14H19N3O2/c15-10-3-1-9(2-4-10)8-16-11-5-6-12-13(7-11)19-14(18)17-12/h5-7,9-10,16H,1-4,8,15H2,(H,17,18). The third-order valence-electron chi connectivity index (χ3n) is 3.91. The summed E-state index contributed by atoms with van der Waals surface area (Å²) < 4.78 is 5.05. The van der Waals surface area contributed by atoms with Crippen LogP contribution in [0.3, 0.4) is 0 Å². The molecular formula is C14H19N3O2. The summed E-state index contributed by atoms with van der Waals surface area (Å²) in [5.41, 5.74) is 8.23. The molecule has 0 amide bonds. The first-order chi connectivity index (χ1) is 9.20. The summed E-state index contributed by atoms with van der Waals surface area (Å²) in [6.07, 6.45) is 4.63. The van der Waals surface area contributed by atoms with E-state index < -0.39 is 5.76 Å². The van der Waals surface area contributed by atoms with Gasteiger partial charge in [0.15, 0.2) is 5.58 Å². The number of anilines is 1. The summed E-state index contributed by atoms with van der Waals surface area (Å²) >= 11 is 0. The van der Waals surface area contributed by atoms with E-state index in [-0.39, 0.29) is 0 Å². The lowest BCUT2D eigenvalue weighted by Gasteiger charge is -2.26. The fourth-order valence-corrected chi connectivity index (χ4v) is 2.71. The smallest absolute Gasteiger partial charge is 0.408 e. The molecule has 5 heteroatoms. The van der Waals surface area contributed by atoms with E-state index in [2.05, 4.69) is 10.3 Å². The zero-order valence-electron chi connectivity index (χ0n) is 10.8. The van der Waals surface area contributed by atoms with Gasteiger partial charge in [-0.05, 0) is 43.7 Å². The molecule has 1 aliphatic carbocycles. The van der Waals surface area contributed by atoms with E-state index in [0.717, 1.165) is 30.6 Å². The predicted octanol–water partition coefficient (Wildman–Crippen LogP) is 2.05. The van der Waals surface area contributed by atoms with E-state index in [1.807, 2.05) is 18.2 Å². The molecule has 5 nitrogen and oxygen atoms in total. The molecule has 2 aromatic rings. The average Bonchev–Trinajstić information content (AvgIpc) is 2.77. The minimum absolute atomic E-state index is 0.390. The zero-order chi connectivity index (χ0) is 13.2. The van der Waals surface area contributed by atoms with Crippen LogP contribution >= 0.6 is 0 Å². The molecule has 0 spiro atoms. The first kappa shape index (κ1) is 12.3. The number of fused-ring (bicyclic) bond motifs is 1. The predicted molar refractivity (Wildman–Crippen MR) is 75.3 cm³/mol. The maximum Gasteiger partial charge on any atom is 0.417 e. The van der Waals surface area contributed by atoms with Gasteiger partial charge in [-0.2, -0.15) is 0 Å². The van der Waals surface area contributed by atoms with Gasteiger partial charge in [0.05, 0.1) is 5.52 Å². The third-order valence-corrected chi connectivity index (χ3v) is 3.91. The van der Waals surface area contributed by atoms with Crippen LogP contribution < -0.4 is 16.8 Å². The molecule has 3 rings (SSSR count). The largest absolute Gasteiger partial charge is 0.417 e. The SMILES string of the molecule is NC1CCC(CNc2ccc3[nH]c(=O)oc3c2)CC1. The average molecular weight is 261 g/mol. The highest BCUT2D eigenvalue weighted by molar-refractivity contribution is 5.76. The molecule has 0 aliphatic heterocycles. The van der Waals surface area contributed by atoms with Gasteiger partial charge in [-0.1, -0.05) is 0 Å². The van der Waals surface area contributed by atoms with Crippen LogP contribution in [0.15, 0.2) is 27.4 Å². The molecule has 1 aliphatic rings. The minimum atomic E-state index is -0.409. The van der Waals surface area contributed by atoms with E-state index in [4.69, 9.17) is 10.2 Å². The van der Waals surface area contributed by atoms with Crippen molar-refractivity contribution in [3.63, 3.8) is 0 Å². The van der Waals surface area contributed by atoms with Gasteiger partial charge >= 0.3 is 5.76 Å². The number of oxazole rings is 1. The molecule has 1 saturated carbocycles. The molecule has 1 aromatic carbocycles. The van der Waals surface area contributed by atoms with Gasteiger partial charge in [-0.25, -0.2) is 4.79 Å². The van der Waals surface area contributed by atoms with Crippen molar-refractivity contribution in [3.8, 4) is 0 Å². The number of rotatable bonds is 3. The van der Waals surface area contributed by atoms with E-state index in [1.165, 1.54) is 12.8 Å². The quantitative estimate of drug-likeness (QED) is 0.789. The van der Waals surface area contributed by atoms with E-state index in [1.54, 1.807) is 0 Å². The molecule has 0 radical (unpaired) electrons. The molecule has 0 unspecified atom stereocenters. The number of nitrogens with one attached hydrogen (secondary N) is 2. The molecule has 102 valence electrons. The van der Waals surface area contributed by atoms with Crippen molar-refractivity contribution in [2.75, 3.05) is 11.9 Å². The number of nitrogens with two attached hydrogens (primary N) is 1. The van der Waals surface area contributed by atoms with Crippen LogP contribution in [0.2, 0.25) is 0 Å². The van der Waals surface area contributed by atoms with Crippen LogP contribution in [-0.4, -0.2) is 17.6 Å². The Balaban J connectivity index is 1.63. The molecule has 19 heavy (non-hydrogen) atoms. The normalized spacial score (nSPS) is 23.6. The Morgan fingerprint density at radius 1 is 1.32 bits per heavy atom. The molecule has 0 atom stereocenters. The second-order valence-corrected chi connectivity index (χ2v) is 5.39. The van der Waals surface area contributed by atoms with Crippen molar-refractivity contribution in [3.05, 3.63) is 28.7 Å². The summed E-state index contributed by atoms with van der Waals surface area (Å²) in [7, 11) is 0. The van der Waals surface area contributed by atoms with Gasteiger partial charge in [0.2, 0.25) is 0 Å². The molecule has 1 fully saturated rings. The van der Waals surface area contributed by atoms with Gasteiger partial charge in [0.25, 0.3) is 0 Å². The second kappa shape index (κ2) is 5.09. The number of hydrogen-bond donors (Lipinski definition) is 3. The van der Waals surface area contributed by atoms with Crippen LogP contribution in [0, 0.1) is 5.92 Å². The first-order valence-corrected chi connectivity index (χ1v) is 6.83. The highest BCUT2D eigenvalue weighted by Gasteiger charge is 2.18. The van der Waals surface area contributed by atoms with Crippen LogP contribution in [0.1, 0.15) is 25.7 Å². The molecule has 1 aromatic heterocycles. The maximum atomic E-state index is 11.1. The number of benzene rings is 1. The van der Waals surface area contributed by atoms with Crippen molar-refractivity contribution < 1.29 is 4.42 Å². The van der Waals surface area contributed by atoms with Crippen molar-refractivity contribution in [2.45, 2.75) is 31.7 Å². The first-order valence-electron chi connectivity index (χ1n) is 6.83. The highest BCUT2D eigenvalue weighted by atomic mass is 16.4. The molecule has 4 N–H and O–H groups in total. The summed E-state index contributed by atoms with van der Waals surface area (Å²) in [6.45, 7) is 0.951. The maximum absolute atomic E-state index is 11.1. The lowest BCUT2D eigenvalue weighted by Crippen LogP contribution is -2.29. The Morgan fingerprint density at radius 3 is 2.89 bits per heavy atom. The Bertz CT molecular complexity index is 608. The van der Waals surface area contributed by atoms with Gasteiger partial charge in [-0.15, -0.1) is 0 Å². The van der Waals surface area contributed by atoms with Gasteiger partial charge in [0.1, 0.15) is 0 Å². The van der Waals surface area contributed by atoms with Gasteiger partial charge < -0.3 is 15.5 Å². The topological polar surface area (TPSA) is 84.0 Å². The fraction of sp³-hybridized carbons (Fsp3) is 0.500. The number of H-pyrrole nitrogens is 1. The van der Waals surface area contributed by atoms with Crippen LogP contribution in [0.5, 0.6) is 0 Å². The Labute approximate surface area is 111 Å². The Hall–Kier alpha value is -1.75. The van der Waals surface area contributed by atoms with Crippen molar-refractivity contribution >= 4 is 16.8 Å². The van der Waals surface area contributed by atoms with Crippen LogP contribution in [0.25, 0.3) is 11.1 Å². The van der Waals surface area contributed by atoms with Crippen molar-refractivity contribution in [1.82, 2.24) is 4.98 Å². The van der Waals surface area contributed by atoms with E-state index in [0.29, 0.717) is 17.5 Å². The fourth-order valence-electron chi connectivity index (χ4n) is 2.71. The monoisotopic (exact) mass is 261 g/mol. The summed E-state index contributed by atoms with van der Waals surface area (Å²) in [4.78, 5) is 13.7. The number of hydrogen-bond acceptors (Lipinski definition) is 4. The molecule has 1 heterocycles. The second-order valence-electron chi connectivity index (χ2n) is 5.39. The summed E-state index contributed by atoms with van der Waals surface area (Å²) in [6, 6.07) is 6.07. The number of aromatic amines is 1. The van der Waals surface area contributed by atoms with Gasteiger partial charge in [-0.3, -0.25) is 4.98 Å². The molecule has 0 saturated heterocycles. The third kappa shape index (κ3) is 2.81.